The minimum Gasteiger partial charge on any atom is -0.756 e. The molecule has 49 heavy (non-hydrogen) atoms. The molecule has 28 heteroatoms. The Labute approximate surface area is 297 Å². The van der Waals surface area contributed by atoms with Gasteiger partial charge < -0.3 is 65.3 Å². The van der Waals surface area contributed by atoms with E-state index in [0.717, 1.165) is 17.2 Å². The van der Waals surface area contributed by atoms with Gasteiger partial charge in [0.05, 0.1) is 19.5 Å². The standard InChI is InChI=1S/C21H30N7O17P3.Na/c22-17-12-19(25-7-24-17)28(8-26-12)21-16(44-46(33,34)35)14(30)11(43-21)6-41-48(38,39)45-47(36,37)40-5-10-13(29)15(31)20(42-10)27-3-1-2-9(4-27)18(23)32;/h1,3-4,7-8,10-11,13-16,20-21,29-31H,2,5-6H2,(H2,23,32)(H,36,37)(H,38,39)(H2,22,24,25)(H2,33,34,35);/q;+1/p-1/t10-,11-,13-,14-,15-,16-,20-,21-;/m1./s1. The fourth-order valence-corrected chi connectivity index (χ4v) is 7.53. The van der Waals surface area contributed by atoms with Gasteiger partial charge in [-0.25, -0.2) is 28.4 Å². The Hall–Kier alpha value is -1.73. The van der Waals surface area contributed by atoms with E-state index >= 15 is 0 Å². The Bertz CT molecular complexity index is 1740. The molecule has 266 valence electrons. The smallest absolute Gasteiger partial charge is 0.756 e. The van der Waals surface area contributed by atoms with E-state index in [4.69, 9.17) is 20.9 Å². The molecule has 2 aromatic heterocycles. The van der Waals surface area contributed by atoms with Gasteiger partial charge in [0.15, 0.2) is 23.9 Å². The number of hydrogen-bond donors (Lipinski definition) is 8. The number of amides is 1. The minimum atomic E-state index is -5.72. The second-order valence-electron chi connectivity index (χ2n) is 10.4. The number of phosphoric acid groups is 3. The molecule has 2 aromatic rings. The van der Waals surface area contributed by atoms with Crippen molar-refractivity contribution in [3.05, 3.63) is 36.7 Å². The summed E-state index contributed by atoms with van der Waals surface area (Å²) in [5.41, 5.74) is 11.2. The summed E-state index contributed by atoms with van der Waals surface area (Å²) in [6.07, 6.45) is -6.70. The van der Waals surface area contributed by atoms with Crippen LogP contribution in [0.3, 0.4) is 0 Å². The van der Waals surface area contributed by atoms with Crippen LogP contribution in [0.25, 0.3) is 11.2 Å². The van der Waals surface area contributed by atoms with Crippen molar-refractivity contribution in [2.45, 2.75) is 55.5 Å². The third kappa shape index (κ3) is 9.39. The number of carbonyl (C=O) groups is 1. The summed E-state index contributed by atoms with van der Waals surface area (Å²) < 4.78 is 66.7. The van der Waals surface area contributed by atoms with E-state index in [2.05, 4.69) is 32.8 Å². The molecule has 5 heterocycles. The summed E-state index contributed by atoms with van der Waals surface area (Å²) in [6, 6.07) is 0. The van der Waals surface area contributed by atoms with Gasteiger partial charge in [-0.1, -0.05) is 6.08 Å². The van der Waals surface area contributed by atoms with E-state index in [1.807, 2.05) is 0 Å². The summed E-state index contributed by atoms with van der Waals surface area (Å²) in [4.78, 5) is 65.7. The summed E-state index contributed by atoms with van der Waals surface area (Å²) in [7, 11) is -16.6. The molecule has 0 bridgehead atoms. The molecule has 10 N–H and O–H groups in total. The van der Waals surface area contributed by atoms with Crippen molar-refractivity contribution in [1.82, 2.24) is 24.4 Å². The molecule has 3 aliphatic rings. The molecule has 3 aliphatic heterocycles. The number of hydrogen-bond acceptors (Lipinski definition) is 19. The van der Waals surface area contributed by atoms with Crippen LogP contribution in [0, 0.1) is 0 Å². The summed E-state index contributed by atoms with van der Waals surface area (Å²) in [6.45, 7) is -2.11. The van der Waals surface area contributed by atoms with E-state index in [-0.39, 0.29) is 58.5 Å². The summed E-state index contributed by atoms with van der Waals surface area (Å²) >= 11 is 0. The van der Waals surface area contributed by atoms with Crippen molar-refractivity contribution in [2.75, 3.05) is 18.9 Å². The van der Waals surface area contributed by atoms with E-state index < -0.39 is 91.7 Å². The second-order valence-corrected chi connectivity index (χ2v) is 14.6. The number of ether oxygens (including phenoxy) is 2. The van der Waals surface area contributed by atoms with Crippen LogP contribution in [0.4, 0.5) is 5.82 Å². The summed E-state index contributed by atoms with van der Waals surface area (Å²) in [5.74, 6) is -0.805. The van der Waals surface area contributed by atoms with Crippen LogP contribution >= 0.6 is 23.5 Å². The van der Waals surface area contributed by atoms with Gasteiger partial charge in [-0.15, -0.1) is 0 Å². The number of aliphatic hydroxyl groups excluding tert-OH is 3. The van der Waals surface area contributed by atoms with Crippen molar-refractivity contribution in [2.24, 2.45) is 5.73 Å². The Morgan fingerprint density at radius 3 is 2.33 bits per heavy atom. The fourth-order valence-electron chi connectivity index (χ4n) is 4.93. The predicted molar refractivity (Wildman–Crippen MR) is 151 cm³/mol. The molecule has 2 fully saturated rings. The number of primary amides is 1. The normalized spacial score (nSPS) is 31.2. The van der Waals surface area contributed by atoms with Crippen molar-refractivity contribution >= 4 is 46.4 Å². The zero-order valence-corrected chi connectivity index (χ0v) is 29.7. The van der Waals surface area contributed by atoms with E-state index in [9.17, 15) is 53.4 Å². The van der Waals surface area contributed by atoms with Gasteiger partial charge in [-0.3, -0.25) is 23.0 Å². The Kier molecular flexibility index (Phi) is 12.7. The minimum absolute atomic E-state index is 0. The van der Waals surface area contributed by atoms with Crippen LogP contribution in [0.2, 0.25) is 0 Å². The number of rotatable bonds is 13. The molecule has 24 nitrogen and oxygen atoms in total. The predicted octanol–water partition coefficient (Wildman–Crippen LogP) is -6.20. The van der Waals surface area contributed by atoms with E-state index in [0.29, 0.717) is 0 Å². The number of imidazole rings is 1. The molecule has 2 unspecified atom stereocenters. The number of fused-ring (bicyclic) bond motifs is 1. The number of aliphatic hydroxyl groups is 3. The quantitative estimate of drug-likeness (QED) is 0.0694. The molecule has 0 radical (unpaired) electrons. The SMILES string of the molecule is NC(=O)C1=CN([C@@H]2O[C@H](COP(=O)([O-])OP(=O)(O)OC[C@H]3O[C@@H](n4cnc5c(N)ncnc54)[C@H](OP(=O)(O)O)[C@@H]3O)[C@@H](O)[C@H]2O)C=CC1.[Na+]. The average Bonchev–Trinajstić information content (AvgIpc) is 3.64. The third-order valence-corrected chi connectivity index (χ3v) is 10.2. The molecular weight excluding hydrogens is 738 g/mol. The number of phosphoric ester groups is 3. The van der Waals surface area contributed by atoms with Gasteiger partial charge in [0.1, 0.15) is 48.5 Å². The number of nitrogen functional groups attached to an aromatic ring is 1. The monoisotopic (exact) mass is 767 g/mol. The molecule has 1 amide bonds. The van der Waals surface area contributed by atoms with Gasteiger partial charge in [0.2, 0.25) is 5.91 Å². The summed E-state index contributed by atoms with van der Waals surface area (Å²) in [5, 5.41) is 31.5. The Morgan fingerprint density at radius 1 is 1.00 bits per heavy atom. The molecule has 5 rings (SSSR count). The van der Waals surface area contributed by atoms with Crippen LogP contribution in [-0.4, -0.2) is 116 Å². The van der Waals surface area contributed by atoms with Gasteiger partial charge in [0.25, 0.3) is 7.82 Å². The first kappa shape index (κ1) is 40.0. The van der Waals surface area contributed by atoms with Crippen LogP contribution in [0.15, 0.2) is 36.7 Å². The van der Waals surface area contributed by atoms with Gasteiger partial charge in [0, 0.05) is 18.0 Å². The second kappa shape index (κ2) is 15.5. The third-order valence-electron chi connectivity index (χ3n) is 7.10. The zero-order valence-electron chi connectivity index (χ0n) is 25.0. The maximum atomic E-state index is 12.5. The number of aromatic nitrogens is 4. The topological polar surface area (TPSA) is 367 Å². The molecular formula is C21H29N7NaO17P3. The maximum Gasteiger partial charge on any atom is 1.00 e. The van der Waals surface area contributed by atoms with Gasteiger partial charge >= 0.3 is 45.2 Å². The first-order valence-electron chi connectivity index (χ1n) is 13.5. The van der Waals surface area contributed by atoms with Crippen LogP contribution in [0.1, 0.15) is 12.6 Å². The fraction of sp³-hybridized carbons (Fsp3) is 0.524. The van der Waals surface area contributed by atoms with Crippen LogP contribution in [0.5, 0.6) is 0 Å². The number of allylic oxidation sites excluding steroid dienone is 1. The van der Waals surface area contributed by atoms with Crippen LogP contribution < -0.4 is 45.9 Å². The van der Waals surface area contributed by atoms with Gasteiger partial charge in [-0.05, 0) is 6.42 Å². The van der Waals surface area contributed by atoms with Crippen molar-refractivity contribution < 1.29 is 110 Å². The average molecular weight is 767 g/mol. The zero-order chi connectivity index (χ0) is 35.2. The van der Waals surface area contributed by atoms with E-state index in [1.54, 1.807) is 0 Å². The number of nitrogens with two attached hydrogens (primary N) is 2. The number of anilines is 1. The van der Waals surface area contributed by atoms with Crippen molar-refractivity contribution in [3.63, 3.8) is 0 Å². The van der Waals surface area contributed by atoms with Gasteiger partial charge in [-0.2, -0.15) is 0 Å². The Balaban J connectivity index is 0.00000541. The number of nitrogens with zero attached hydrogens (tertiary/aromatic N) is 5. The van der Waals surface area contributed by atoms with E-state index in [1.165, 1.54) is 23.4 Å². The molecule has 10 atom stereocenters. The first-order valence-corrected chi connectivity index (χ1v) is 18.0. The first-order chi connectivity index (χ1) is 22.4. The molecule has 0 aliphatic carbocycles. The largest absolute Gasteiger partial charge is 1.00 e. The number of carbonyl (C=O) groups excluding carboxylic acids is 1. The van der Waals surface area contributed by atoms with Crippen LogP contribution in [-0.2, 0) is 45.8 Å². The molecule has 2 saturated heterocycles. The maximum absolute atomic E-state index is 12.5. The molecule has 0 spiro atoms. The van der Waals surface area contributed by atoms with Crippen molar-refractivity contribution in [1.29, 1.82) is 0 Å². The van der Waals surface area contributed by atoms with Crippen molar-refractivity contribution in [3.8, 4) is 0 Å². The molecule has 0 aromatic carbocycles. The Morgan fingerprint density at radius 2 is 1.65 bits per heavy atom. The molecule has 0 saturated carbocycles.